The van der Waals surface area contributed by atoms with Gasteiger partial charge in [-0.1, -0.05) is 0 Å². The minimum atomic E-state index is -4.41. The van der Waals surface area contributed by atoms with Gasteiger partial charge in [-0.25, -0.2) is 12.9 Å². The van der Waals surface area contributed by atoms with E-state index >= 15 is 0 Å². The van der Waals surface area contributed by atoms with Crippen molar-refractivity contribution in [2.75, 3.05) is 33.2 Å². The molecule has 7 heteroatoms. The second-order valence-electron chi connectivity index (χ2n) is 2.89. The maximum Gasteiger partial charge on any atom is 0.217 e. The minimum absolute atomic E-state index is 0.808. The van der Waals surface area contributed by atoms with Gasteiger partial charge in [0.2, 0.25) is 10.4 Å². The molecule has 1 aliphatic rings. The van der Waals surface area contributed by atoms with Crippen molar-refractivity contribution < 1.29 is 21.7 Å². The van der Waals surface area contributed by atoms with E-state index in [9.17, 15) is 13.0 Å². The summed E-state index contributed by atoms with van der Waals surface area (Å²) in [6.07, 6.45) is 6.81. The largest absolute Gasteiger partial charge is 0.726 e. The highest BCUT2D eigenvalue weighted by Gasteiger charge is 2.32. The Labute approximate surface area is 85.5 Å². The molecule has 0 spiro atoms. The summed E-state index contributed by atoms with van der Waals surface area (Å²) in [6.45, 7) is 2.24. The molecular formula is C7H15O5PS. The molecule has 5 nitrogen and oxygen atoms in total. The SMILES string of the molecule is COS(=O)(=O)[O-].CO[P+]1(C)CC=CC1. The summed E-state index contributed by atoms with van der Waals surface area (Å²) < 4.78 is 36.4. The van der Waals surface area contributed by atoms with Crippen LogP contribution in [-0.2, 0) is 19.1 Å². The molecule has 1 rings (SSSR count). The summed E-state index contributed by atoms with van der Waals surface area (Å²) in [5.74, 6) is 0. The zero-order chi connectivity index (χ0) is 11.2. The molecule has 0 atom stereocenters. The summed E-state index contributed by atoms with van der Waals surface area (Å²) in [5, 5.41) is 0. The van der Waals surface area contributed by atoms with Crippen LogP contribution >= 0.6 is 7.49 Å². The van der Waals surface area contributed by atoms with Gasteiger partial charge in [-0.3, -0.25) is 4.18 Å². The predicted octanol–water partition coefficient (Wildman–Crippen LogP) is 0.858. The lowest BCUT2D eigenvalue weighted by Crippen LogP contribution is -1.97. The Balaban J connectivity index is 0.000000255. The van der Waals surface area contributed by atoms with Crippen molar-refractivity contribution in [2.45, 2.75) is 0 Å². The molecule has 1 aliphatic heterocycles. The van der Waals surface area contributed by atoms with E-state index in [1.165, 1.54) is 12.3 Å². The molecule has 0 saturated carbocycles. The Hall–Kier alpha value is -0.0000000000000000555. The van der Waals surface area contributed by atoms with Crippen LogP contribution in [-0.4, -0.2) is 46.2 Å². The van der Waals surface area contributed by atoms with E-state index in [0.717, 1.165) is 7.11 Å². The van der Waals surface area contributed by atoms with Crippen molar-refractivity contribution in [1.82, 2.24) is 0 Å². The lowest BCUT2D eigenvalue weighted by Gasteiger charge is -2.10. The normalized spacial score (nSPS) is 18.9. The van der Waals surface area contributed by atoms with E-state index in [-0.39, 0.29) is 0 Å². The van der Waals surface area contributed by atoms with Gasteiger partial charge in [0.05, 0.1) is 20.9 Å². The molecule has 0 bridgehead atoms. The predicted molar refractivity (Wildman–Crippen MR) is 55.4 cm³/mol. The van der Waals surface area contributed by atoms with E-state index in [0.29, 0.717) is 0 Å². The van der Waals surface area contributed by atoms with Gasteiger partial charge in [0.15, 0.2) is 0 Å². The van der Waals surface area contributed by atoms with Gasteiger partial charge < -0.3 is 4.55 Å². The van der Waals surface area contributed by atoms with Crippen molar-refractivity contribution in [2.24, 2.45) is 0 Å². The highest BCUT2D eigenvalue weighted by molar-refractivity contribution is 7.80. The maximum absolute atomic E-state index is 9.22. The van der Waals surface area contributed by atoms with Crippen molar-refractivity contribution in [3.63, 3.8) is 0 Å². The molecule has 84 valence electrons. The van der Waals surface area contributed by atoms with Gasteiger partial charge in [0.25, 0.3) is 0 Å². The number of allylic oxidation sites excluding steroid dienone is 2. The van der Waals surface area contributed by atoms with Crippen LogP contribution in [0.1, 0.15) is 0 Å². The molecule has 0 unspecified atom stereocenters. The van der Waals surface area contributed by atoms with Gasteiger partial charge in [0, 0.05) is 0 Å². The molecule has 0 aromatic rings. The van der Waals surface area contributed by atoms with Gasteiger partial charge in [-0.15, -0.1) is 0 Å². The molecule has 0 fully saturated rings. The second kappa shape index (κ2) is 5.78. The smallest absolute Gasteiger partial charge is 0.217 e. The van der Waals surface area contributed by atoms with Crippen LogP contribution in [0.15, 0.2) is 12.2 Å². The average molecular weight is 242 g/mol. The fourth-order valence-electron chi connectivity index (χ4n) is 0.819. The average Bonchev–Trinajstić information content (AvgIpc) is 2.53. The van der Waals surface area contributed by atoms with Crippen LogP contribution in [0, 0.1) is 0 Å². The first-order valence-corrected chi connectivity index (χ1v) is 7.75. The first-order chi connectivity index (χ1) is 6.33. The van der Waals surface area contributed by atoms with E-state index in [4.69, 9.17) is 4.52 Å². The van der Waals surface area contributed by atoms with E-state index in [1.807, 2.05) is 7.11 Å². The van der Waals surface area contributed by atoms with E-state index < -0.39 is 17.9 Å². The first-order valence-electron chi connectivity index (χ1n) is 3.90. The van der Waals surface area contributed by atoms with Crippen LogP contribution in [0.25, 0.3) is 0 Å². The molecule has 1 heterocycles. The Morgan fingerprint density at radius 3 is 1.79 bits per heavy atom. The van der Waals surface area contributed by atoms with Crippen LogP contribution in [0.3, 0.4) is 0 Å². The van der Waals surface area contributed by atoms with Gasteiger partial charge in [0.1, 0.15) is 19.8 Å². The zero-order valence-corrected chi connectivity index (χ0v) is 10.2. The molecule has 0 N–H and O–H groups in total. The van der Waals surface area contributed by atoms with E-state index in [2.05, 4.69) is 23.0 Å². The molecule has 0 aromatic carbocycles. The maximum atomic E-state index is 9.22. The molecule has 0 amide bonds. The Morgan fingerprint density at radius 1 is 1.29 bits per heavy atom. The zero-order valence-electron chi connectivity index (χ0n) is 8.47. The molecule has 0 radical (unpaired) electrons. The Kier molecular flexibility index (Phi) is 5.78. The fraction of sp³-hybridized carbons (Fsp3) is 0.714. The van der Waals surface area contributed by atoms with Crippen LogP contribution in [0.4, 0.5) is 0 Å². The third kappa shape index (κ3) is 6.45. The van der Waals surface area contributed by atoms with Crippen LogP contribution in [0.2, 0.25) is 0 Å². The molecule has 0 aromatic heterocycles. The summed E-state index contributed by atoms with van der Waals surface area (Å²) in [5.41, 5.74) is 0. The van der Waals surface area contributed by atoms with Crippen LogP contribution in [0.5, 0.6) is 0 Å². The number of hydrogen-bond donors (Lipinski definition) is 0. The molecular weight excluding hydrogens is 227 g/mol. The first kappa shape index (κ1) is 14.0. The summed E-state index contributed by atoms with van der Waals surface area (Å²) in [6, 6.07) is 0. The number of rotatable bonds is 2. The van der Waals surface area contributed by atoms with Crippen molar-refractivity contribution >= 4 is 17.9 Å². The second-order valence-corrected chi connectivity index (χ2v) is 7.73. The molecule has 0 aliphatic carbocycles. The fourth-order valence-corrected chi connectivity index (χ4v) is 2.46. The van der Waals surface area contributed by atoms with Crippen molar-refractivity contribution in [3.05, 3.63) is 12.2 Å². The van der Waals surface area contributed by atoms with Gasteiger partial charge >= 0.3 is 0 Å². The highest BCUT2D eigenvalue weighted by Crippen LogP contribution is 2.58. The van der Waals surface area contributed by atoms with Crippen molar-refractivity contribution in [1.29, 1.82) is 0 Å². The minimum Gasteiger partial charge on any atom is -0.726 e. The van der Waals surface area contributed by atoms with Gasteiger partial charge in [-0.2, -0.15) is 0 Å². The molecule has 14 heavy (non-hydrogen) atoms. The van der Waals surface area contributed by atoms with Gasteiger partial charge in [-0.05, 0) is 12.2 Å². The van der Waals surface area contributed by atoms with E-state index in [1.54, 1.807) is 0 Å². The lowest BCUT2D eigenvalue weighted by molar-refractivity contribution is 0.314. The van der Waals surface area contributed by atoms with Crippen molar-refractivity contribution in [3.8, 4) is 0 Å². The summed E-state index contributed by atoms with van der Waals surface area (Å²) in [4.78, 5) is 0. The quantitative estimate of drug-likeness (QED) is 0.310. The summed E-state index contributed by atoms with van der Waals surface area (Å²) in [7, 11) is -2.70. The highest BCUT2D eigenvalue weighted by atomic mass is 32.3. The number of hydrogen-bond acceptors (Lipinski definition) is 5. The molecule has 0 saturated heterocycles. The Bertz CT molecular complexity index is 276. The monoisotopic (exact) mass is 242 g/mol. The summed E-state index contributed by atoms with van der Waals surface area (Å²) >= 11 is 0. The third-order valence-electron chi connectivity index (χ3n) is 1.79. The standard InChI is InChI=1S/C6H12OP.CH4O4S/c1-7-8(2)5-3-4-6-8;1-5-6(2,3)4/h3-4H,5-6H2,1-2H3;1H3,(H,2,3,4)/q+1;/p-1. The van der Waals surface area contributed by atoms with Crippen LogP contribution < -0.4 is 0 Å². The lowest BCUT2D eigenvalue weighted by atomic mass is 10.6. The third-order valence-corrected chi connectivity index (χ3v) is 5.05. The Morgan fingerprint density at radius 2 is 1.64 bits per heavy atom. The topological polar surface area (TPSA) is 75.7 Å².